The quantitative estimate of drug-likeness (QED) is 0.0130. The van der Waals surface area contributed by atoms with Gasteiger partial charge in [-0.15, -0.1) is 0 Å². The first-order valence-electron chi connectivity index (χ1n) is 26.3. The highest BCUT2D eigenvalue weighted by molar-refractivity contribution is 8.24. The van der Waals surface area contributed by atoms with Crippen molar-refractivity contribution in [2.24, 2.45) is 23.7 Å². The topological polar surface area (TPSA) is 224 Å². The smallest absolute Gasteiger partial charge is 0.375 e. The van der Waals surface area contributed by atoms with Gasteiger partial charge in [0.2, 0.25) is 5.78 Å². The number of carbonyl (C=O) groups excluding carboxylic acids is 8. The monoisotopic (exact) mass is 1080 g/mol. The third-order valence-electron chi connectivity index (χ3n) is 14.1. The Hall–Kier alpha value is -5.49. The van der Waals surface area contributed by atoms with Crippen LogP contribution < -0.4 is 9.47 Å². The maximum absolute atomic E-state index is 13.7. The molecule has 0 unspecified atom stereocenters. The van der Waals surface area contributed by atoms with Gasteiger partial charge in [0.25, 0.3) is 5.70 Å². The van der Waals surface area contributed by atoms with Crippen molar-refractivity contribution in [1.29, 1.82) is 0 Å². The number of rotatable bonds is 25. The summed E-state index contributed by atoms with van der Waals surface area (Å²) >= 11 is 2.09. The van der Waals surface area contributed by atoms with Crippen LogP contribution in [0.4, 0.5) is 0 Å². The summed E-state index contributed by atoms with van der Waals surface area (Å²) in [4.78, 5) is 106. The Labute approximate surface area is 446 Å². The molecule has 408 valence electrons. The molecule has 0 bridgehead atoms. The van der Waals surface area contributed by atoms with Crippen molar-refractivity contribution in [2.75, 3.05) is 26.4 Å². The number of unbranched alkanes of at least 4 members (excludes halogenated alkanes) is 2. The van der Waals surface area contributed by atoms with Crippen molar-refractivity contribution in [3.8, 4) is 11.5 Å². The van der Waals surface area contributed by atoms with Gasteiger partial charge in [-0.25, -0.2) is 14.4 Å². The van der Waals surface area contributed by atoms with E-state index >= 15 is 0 Å². The second kappa shape index (κ2) is 30.3. The van der Waals surface area contributed by atoms with Gasteiger partial charge in [-0.2, -0.15) is 0 Å². The summed E-state index contributed by atoms with van der Waals surface area (Å²) in [5, 5.41) is 0. The van der Waals surface area contributed by atoms with Crippen molar-refractivity contribution in [2.45, 2.75) is 176 Å². The molecule has 1 aromatic rings. The molecule has 4 aliphatic carbocycles. The fourth-order valence-corrected chi connectivity index (χ4v) is 12.4. The van der Waals surface area contributed by atoms with Crippen LogP contribution in [0.15, 0.2) is 57.4 Å². The zero-order valence-electron chi connectivity index (χ0n) is 42.7. The van der Waals surface area contributed by atoms with Gasteiger partial charge in [0.1, 0.15) is 23.7 Å². The molecule has 0 amide bonds. The predicted molar refractivity (Wildman–Crippen MR) is 272 cm³/mol. The number of ether oxygens (including phenoxy) is 9. The molecule has 0 atom stereocenters. The van der Waals surface area contributed by atoms with E-state index < -0.39 is 59.5 Å². The van der Waals surface area contributed by atoms with E-state index in [9.17, 15) is 38.4 Å². The van der Waals surface area contributed by atoms with E-state index in [1.54, 1.807) is 6.92 Å². The standard InChI is InChI=1S/C55H69NO17S2/c1-5-44(57)69-33-11-10-32-68-39-23-15-35(16-24-39)50(60)70-40-25-17-36(18-26-40)51(61)72-42-29-30-43(49-48(42)74-55(75-49)46(56-4)53(63)66-7-3)73-52(62)37-19-27-41(28-20-37)71-54(64)47(59)34-13-21-38(22-14-34)67-31-9-8-12-45(58)65-6-2/h5-6,29-30,34-41H,1-2,7-28,31-33H2,3H3. The molecule has 0 aromatic heterocycles. The molecule has 4 saturated carbocycles. The summed E-state index contributed by atoms with van der Waals surface area (Å²) in [6.07, 6.45) is 12.9. The summed E-state index contributed by atoms with van der Waals surface area (Å²) in [5.74, 6) is -5.57. The molecular weight excluding hydrogens is 1010 g/mol. The predicted octanol–water partition coefficient (Wildman–Crippen LogP) is 9.64. The molecule has 18 nitrogen and oxygen atoms in total. The number of benzene rings is 1. The molecule has 4 fully saturated rings. The van der Waals surface area contributed by atoms with Gasteiger partial charge in [-0.1, -0.05) is 36.7 Å². The highest BCUT2D eigenvalue weighted by atomic mass is 32.2. The summed E-state index contributed by atoms with van der Waals surface area (Å²) in [6, 6.07) is 3.04. The molecular formula is C55H69NO17S2. The second-order valence-electron chi connectivity index (χ2n) is 19.3. The lowest BCUT2D eigenvalue weighted by molar-refractivity contribution is -0.162. The number of Topliss-reactive ketones (excluding diaryl/α,β-unsaturated/α-hetero) is 1. The summed E-state index contributed by atoms with van der Waals surface area (Å²) in [6.45, 7) is 17.5. The average Bonchev–Trinajstić information content (AvgIpc) is 3.87. The number of thioether (sulfide) groups is 2. The SMILES string of the molecule is [C-]#[N+]C(C(=O)OCC)=C1Sc2c(OC(=O)C3CCC(OC(=O)C(=O)C4CCC(OCCCCC(=O)OC=C)CC4)CC3)ccc(OC(=O)C3CCC(OC(=O)C4CCC(OCCCCOC(=O)C=C)CC4)CC3)c2S1. The average molecular weight is 1080 g/mol. The van der Waals surface area contributed by atoms with Gasteiger partial charge < -0.3 is 42.6 Å². The molecule has 0 saturated heterocycles. The number of ketones is 1. The normalized spacial score (nSPS) is 24.9. The van der Waals surface area contributed by atoms with Crippen LogP contribution >= 0.6 is 23.5 Å². The fraction of sp³-hybridized carbons (Fsp3) is 0.618. The summed E-state index contributed by atoms with van der Waals surface area (Å²) in [5.41, 5.74) is -0.258. The Bertz CT molecular complexity index is 2290. The maximum Gasteiger partial charge on any atom is 0.375 e. The third-order valence-corrected chi connectivity index (χ3v) is 16.7. The number of hydrogen-bond donors (Lipinski definition) is 0. The second-order valence-corrected chi connectivity index (χ2v) is 21.6. The van der Waals surface area contributed by atoms with E-state index in [2.05, 4.69) is 18.0 Å². The molecule has 1 heterocycles. The first-order chi connectivity index (χ1) is 36.3. The van der Waals surface area contributed by atoms with Crippen molar-refractivity contribution in [3.05, 3.63) is 59.0 Å². The van der Waals surface area contributed by atoms with E-state index in [0.29, 0.717) is 139 Å². The number of carbonyl (C=O) groups is 8. The van der Waals surface area contributed by atoms with Gasteiger partial charge in [0.15, 0.2) is 0 Å². The van der Waals surface area contributed by atoms with Crippen LogP contribution in [0.1, 0.15) is 142 Å². The highest BCUT2D eigenvalue weighted by Gasteiger charge is 2.38. The zero-order valence-corrected chi connectivity index (χ0v) is 44.4. The molecule has 20 heteroatoms. The van der Waals surface area contributed by atoms with Crippen LogP contribution in [-0.4, -0.2) is 98.4 Å². The van der Waals surface area contributed by atoms with Gasteiger partial charge in [0.05, 0.1) is 70.0 Å². The molecule has 5 aliphatic rings. The third kappa shape index (κ3) is 17.8. The number of nitrogens with zero attached hydrogens (tertiary/aromatic N) is 1. The van der Waals surface area contributed by atoms with Crippen LogP contribution in [0, 0.1) is 30.2 Å². The van der Waals surface area contributed by atoms with E-state index in [-0.39, 0.29) is 70.6 Å². The van der Waals surface area contributed by atoms with Gasteiger partial charge in [0, 0.05) is 31.6 Å². The minimum atomic E-state index is -0.866. The van der Waals surface area contributed by atoms with E-state index in [1.165, 1.54) is 12.1 Å². The molecule has 0 spiro atoms. The largest absolute Gasteiger partial charge is 0.471 e. The molecule has 75 heavy (non-hydrogen) atoms. The van der Waals surface area contributed by atoms with Crippen LogP contribution in [0.5, 0.6) is 11.5 Å². The van der Waals surface area contributed by atoms with Crippen molar-refractivity contribution in [1.82, 2.24) is 0 Å². The lowest BCUT2D eigenvalue weighted by Gasteiger charge is -2.31. The van der Waals surface area contributed by atoms with Crippen molar-refractivity contribution >= 4 is 71.1 Å². The Morgan fingerprint density at radius 1 is 0.587 bits per heavy atom. The number of fused-ring (bicyclic) bond motifs is 1. The first-order valence-corrected chi connectivity index (χ1v) is 28.0. The molecule has 6 rings (SSSR count). The first kappa shape index (κ1) is 58.8. The lowest BCUT2D eigenvalue weighted by atomic mass is 9.84. The van der Waals surface area contributed by atoms with Crippen molar-refractivity contribution in [3.63, 3.8) is 0 Å². The minimum Gasteiger partial charge on any atom is -0.471 e. The van der Waals surface area contributed by atoms with Gasteiger partial charge in [-0.05, 0) is 147 Å². The van der Waals surface area contributed by atoms with Gasteiger partial charge >= 0.3 is 41.8 Å². The molecule has 1 aromatic carbocycles. The molecule has 0 radical (unpaired) electrons. The Morgan fingerprint density at radius 2 is 1.05 bits per heavy atom. The fourth-order valence-electron chi connectivity index (χ4n) is 9.83. The molecule has 1 aliphatic heterocycles. The van der Waals surface area contributed by atoms with E-state index in [4.69, 9.17) is 49.2 Å². The van der Waals surface area contributed by atoms with Gasteiger partial charge in [-0.3, -0.25) is 28.8 Å². The Morgan fingerprint density at radius 3 is 1.55 bits per heavy atom. The maximum atomic E-state index is 13.7. The summed E-state index contributed by atoms with van der Waals surface area (Å²) in [7, 11) is 0. The Balaban J connectivity index is 0.950. The van der Waals surface area contributed by atoms with E-state index in [0.717, 1.165) is 55.1 Å². The minimum absolute atomic E-state index is 0.0198. The summed E-state index contributed by atoms with van der Waals surface area (Å²) < 4.78 is 50.6. The number of hydrogen-bond acceptors (Lipinski definition) is 19. The van der Waals surface area contributed by atoms with E-state index in [1.807, 2.05) is 0 Å². The zero-order chi connectivity index (χ0) is 53.7. The van der Waals surface area contributed by atoms with Crippen LogP contribution in [0.2, 0.25) is 0 Å². The molecule has 0 N–H and O–H groups in total. The Kier molecular flexibility index (Phi) is 23.7. The lowest BCUT2D eigenvalue weighted by Crippen LogP contribution is -2.35. The van der Waals surface area contributed by atoms with Crippen molar-refractivity contribution < 1.29 is 81.0 Å². The highest BCUT2D eigenvalue weighted by Crippen LogP contribution is 2.59. The van der Waals surface area contributed by atoms with Crippen LogP contribution in [0.25, 0.3) is 4.85 Å². The van der Waals surface area contributed by atoms with Crippen LogP contribution in [-0.2, 0) is 71.5 Å². The number of esters is 7. The van der Waals surface area contributed by atoms with Crippen LogP contribution in [0.3, 0.4) is 0 Å².